The van der Waals surface area contributed by atoms with E-state index in [2.05, 4.69) is 13.8 Å². The van der Waals surface area contributed by atoms with E-state index in [0.29, 0.717) is 24.3 Å². The smallest absolute Gasteiger partial charge is 0.311 e. The zero-order valence-corrected chi connectivity index (χ0v) is 18.9. The summed E-state index contributed by atoms with van der Waals surface area (Å²) in [5.41, 5.74) is 0.887. The fraction of sp³-hybridized carbons (Fsp3) is 0.680. The second-order valence-electron chi connectivity index (χ2n) is 8.11. The zero-order valence-electron chi connectivity index (χ0n) is 18.9. The van der Waals surface area contributed by atoms with Crippen LogP contribution in [-0.4, -0.2) is 11.9 Å². The van der Waals surface area contributed by atoms with E-state index in [-0.39, 0.29) is 17.9 Å². The molecule has 0 N–H and O–H groups in total. The first-order valence-electron chi connectivity index (χ1n) is 11.5. The Balaban J connectivity index is 2.69. The fourth-order valence-corrected chi connectivity index (χ4v) is 3.26. The Kier molecular flexibility index (Phi) is 13.1. The van der Waals surface area contributed by atoms with Crippen LogP contribution in [0.2, 0.25) is 0 Å². The number of carbonyl (C=O) groups excluding carboxylic acids is 2. The van der Waals surface area contributed by atoms with Crippen LogP contribution in [0.25, 0.3) is 0 Å². The monoisotopic (exact) mass is 404 g/mol. The summed E-state index contributed by atoms with van der Waals surface area (Å²) < 4.78 is 11.3. The molecule has 0 aromatic heterocycles. The van der Waals surface area contributed by atoms with Crippen LogP contribution in [-0.2, 0) is 9.59 Å². The molecule has 0 aliphatic carbocycles. The molecule has 29 heavy (non-hydrogen) atoms. The fourth-order valence-electron chi connectivity index (χ4n) is 3.26. The standard InChI is InChI=1S/C25H40O4/c1-5-7-9-11-13-18-23(26)28-22-17-15-16-21(20(3)4)25(22)29-24(27)19-14-12-10-8-6-2/h15-17,20H,5-14,18-19H2,1-4H3. The Labute approximate surface area is 177 Å². The lowest BCUT2D eigenvalue weighted by Gasteiger charge is -2.16. The first kappa shape index (κ1) is 25.2. The van der Waals surface area contributed by atoms with Gasteiger partial charge in [0.25, 0.3) is 0 Å². The number of benzene rings is 1. The van der Waals surface area contributed by atoms with E-state index < -0.39 is 0 Å². The van der Waals surface area contributed by atoms with Crippen molar-refractivity contribution in [1.29, 1.82) is 0 Å². The maximum absolute atomic E-state index is 12.4. The van der Waals surface area contributed by atoms with Crippen molar-refractivity contribution in [3.05, 3.63) is 23.8 Å². The highest BCUT2D eigenvalue weighted by Gasteiger charge is 2.19. The predicted molar refractivity (Wildman–Crippen MR) is 119 cm³/mol. The zero-order chi connectivity index (χ0) is 21.5. The lowest BCUT2D eigenvalue weighted by atomic mass is 10.0. The maximum Gasteiger partial charge on any atom is 0.311 e. The summed E-state index contributed by atoms with van der Waals surface area (Å²) >= 11 is 0. The number of esters is 2. The number of carbonyl (C=O) groups is 2. The second kappa shape index (κ2) is 15.1. The molecule has 1 rings (SSSR count). The van der Waals surface area contributed by atoms with Crippen molar-refractivity contribution in [3.8, 4) is 11.5 Å². The van der Waals surface area contributed by atoms with Gasteiger partial charge in [-0.3, -0.25) is 9.59 Å². The third-order valence-corrected chi connectivity index (χ3v) is 5.04. The van der Waals surface area contributed by atoms with Crippen molar-refractivity contribution in [2.75, 3.05) is 0 Å². The van der Waals surface area contributed by atoms with Crippen LogP contribution < -0.4 is 9.47 Å². The Morgan fingerprint density at radius 1 is 0.759 bits per heavy atom. The van der Waals surface area contributed by atoms with Crippen molar-refractivity contribution in [2.45, 2.75) is 111 Å². The average molecular weight is 405 g/mol. The van der Waals surface area contributed by atoms with Gasteiger partial charge in [-0.1, -0.05) is 91.2 Å². The molecule has 4 heteroatoms. The van der Waals surface area contributed by atoms with E-state index in [4.69, 9.17) is 9.47 Å². The van der Waals surface area contributed by atoms with Crippen LogP contribution in [0.1, 0.15) is 116 Å². The van der Waals surface area contributed by atoms with Gasteiger partial charge in [0.15, 0.2) is 11.5 Å². The van der Waals surface area contributed by atoms with Crippen LogP contribution in [0.5, 0.6) is 11.5 Å². The van der Waals surface area contributed by atoms with Crippen LogP contribution in [0.4, 0.5) is 0 Å². The molecule has 0 aliphatic heterocycles. The maximum atomic E-state index is 12.4. The number of hydrogen-bond acceptors (Lipinski definition) is 4. The van der Waals surface area contributed by atoms with E-state index in [9.17, 15) is 9.59 Å². The number of rotatable bonds is 15. The minimum absolute atomic E-state index is 0.162. The highest BCUT2D eigenvalue weighted by molar-refractivity contribution is 5.77. The third kappa shape index (κ3) is 10.5. The van der Waals surface area contributed by atoms with Gasteiger partial charge in [-0.2, -0.15) is 0 Å². The van der Waals surface area contributed by atoms with E-state index in [0.717, 1.165) is 44.1 Å². The summed E-state index contributed by atoms with van der Waals surface area (Å²) in [6.45, 7) is 8.42. The molecule has 1 aromatic carbocycles. The average Bonchev–Trinajstić information content (AvgIpc) is 2.68. The van der Waals surface area contributed by atoms with Crippen molar-refractivity contribution in [2.24, 2.45) is 0 Å². The third-order valence-electron chi connectivity index (χ3n) is 5.04. The number of hydrogen-bond donors (Lipinski definition) is 0. The van der Waals surface area contributed by atoms with E-state index >= 15 is 0 Å². The molecule has 0 saturated heterocycles. The molecule has 0 aliphatic rings. The van der Waals surface area contributed by atoms with Gasteiger partial charge in [-0.15, -0.1) is 0 Å². The number of unbranched alkanes of at least 4 members (excludes halogenated alkanes) is 8. The van der Waals surface area contributed by atoms with Crippen LogP contribution in [0.3, 0.4) is 0 Å². The van der Waals surface area contributed by atoms with Crippen molar-refractivity contribution in [1.82, 2.24) is 0 Å². The lowest BCUT2D eigenvalue weighted by molar-refractivity contribution is -0.137. The summed E-state index contributed by atoms with van der Waals surface area (Å²) in [5, 5.41) is 0. The SMILES string of the molecule is CCCCCCCC(=O)Oc1cccc(C(C)C)c1OC(=O)CCCCCCC. The van der Waals surface area contributed by atoms with Crippen molar-refractivity contribution in [3.63, 3.8) is 0 Å². The molecular formula is C25H40O4. The first-order chi connectivity index (χ1) is 14.0. The summed E-state index contributed by atoms with van der Waals surface area (Å²) in [7, 11) is 0. The summed E-state index contributed by atoms with van der Waals surface area (Å²) in [6, 6.07) is 5.49. The van der Waals surface area contributed by atoms with Gasteiger partial charge >= 0.3 is 11.9 Å². The van der Waals surface area contributed by atoms with Gasteiger partial charge in [0.05, 0.1) is 0 Å². The first-order valence-corrected chi connectivity index (χ1v) is 11.5. The van der Waals surface area contributed by atoms with Gasteiger partial charge in [-0.05, 0) is 24.8 Å². The summed E-state index contributed by atoms with van der Waals surface area (Å²) in [4.78, 5) is 24.6. The Morgan fingerprint density at radius 2 is 1.28 bits per heavy atom. The molecule has 0 atom stereocenters. The van der Waals surface area contributed by atoms with Gasteiger partial charge in [0.1, 0.15) is 0 Å². The molecule has 0 radical (unpaired) electrons. The predicted octanol–water partition coefficient (Wildman–Crippen LogP) is 7.34. The largest absolute Gasteiger partial charge is 0.423 e. The minimum Gasteiger partial charge on any atom is -0.423 e. The molecule has 0 saturated carbocycles. The summed E-state index contributed by atoms with van der Waals surface area (Å²) in [6.07, 6.45) is 11.6. The molecule has 0 fully saturated rings. The molecular weight excluding hydrogens is 364 g/mol. The molecule has 164 valence electrons. The van der Waals surface area contributed by atoms with E-state index in [1.54, 1.807) is 6.07 Å². The minimum atomic E-state index is -0.265. The van der Waals surface area contributed by atoms with Crippen LogP contribution in [0.15, 0.2) is 18.2 Å². The molecule has 0 heterocycles. The van der Waals surface area contributed by atoms with Gasteiger partial charge in [0, 0.05) is 18.4 Å². The molecule has 0 spiro atoms. The Bertz CT molecular complexity index is 607. The Hall–Kier alpha value is -1.84. The van der Waals surface area contributed by atoms with Crippen LogP contribution in [0, 0.1) is 0 Å². The second-order valence-corrected chi connectivity index (χ2v) is 8.11. The van der Waals surface area contributed by atoms with E-state index in [1.807, 2.05) is 26.0 Å². The number of ether oxygens (including phenoxy) is 2. The summed E-state index contributed by atoms with van der Waals surface area (Å²) in [5.74, 6) is 0.398. The Morgan fingerprint density at radius 3 is 1.79 bits per heavy atom. The normalized spacial score (nSPS) is 10.9. The number of para-hydroxylation sites is 1. The molecule has 0 bridgehead atoms. The topological polar surface area (TPSA) is 52.6 Å². The molecule has 1 aromatic rings. The van der Waals surface area contributed by atoms with Gasteiger partial charge in [0.2, 0.25) is 0 Å². The van der Waals surface area contributed by atoms with E-state index in [1.165, 1.54) is 25.7 Å². The van der Waals surface area contributed by atoms with Crippen molar-refractivity contribution < 1.29 is 19.1 Å². The van der Waals surface area contributed by atoms with Gasteiger partial charge < -0.3 is 9.47 Å². The van der Waals surface area contributed by atoms with Crippen molar-refractivity contribution >= 4 is 11.9 Å². The highest BCUT2D eigenvalue weighted by atomic mass is 16.6. The quantitative estimate of drug-likeness (QED) is 0.174. The van der Waals surface area contributed by atoms with Gasteiger partial charge in [-0.25, -0.2) is 0 Å². The molecule has 4 nitrogen and oxygen atoms in total. The lowest BCUT2D eigenvalue weighted by Crippen LogP contribution is -2.13. The molecule has 0 amide bonds. The highest BCUT2D eigenvalue weighted by Crippen LogP contribution is 2.36. The molecule has 0 unspecified atom stereocenters. The van der Waals surface area contributed by atoms with Crippen LogP contribution >= 0.6 is 0 Å².